The molecule has 100 valence electrons. The van der Waals surface area contributed by atoms with Gasteiger partial charge in [-0.25, -0.2) is 0 Å². The van der Waals surface area contributed by atoms with Crippen molar-refractivity contribution in [1.82, 2.24) is 10.2 Å². The highest BCUT2D eigenvalue weighted by Gasteiger charge is 2.27. The maximum Gasteiger partial charge on any atom is 0.0453 e. The van der Waals surface area contributed by atoms with Gasteiger partial charge < -0.3 is 5.32 Å². The molecule has 0 bridgehead atoms. The van der Waals surface area contributed by atoms with Gasteiger partial charge in [-0.3, -0.25) is 4.90 Å². The zero-order chi connectivity index (χ0) is 13.0. The molecule has 0 aromatic heterocycles. The van der Waals surface area contributed by atoms with E-state index in [4.69, 9.17) is 11.6 Å². The second-order valence-corrected chi connectivity index (χ2v) is 5.55. The summed E-state index contributed by atoms with van der Waals surface area (Å²) in [5.74, 6) is 0.628. The molecule has 0 saturated carbocycles. The molecule has 2 rings (SSSR count). The number of hydrogen-bond donors (Lipinski definition) is 1. The average Bonchev–Trinajstić information content (AvgIpc) is 2.42. The molecule has 18 heavy (non-hydrogen) atoms. The van der Waals surface area contributed by atoms with Gasteiger partial charge in [0.2, 0.25) is 0 Å². The van der Waals surface area contributed by atoms with Crippen LogP contribution in [0.25, 0.3) is 0 Å². The second kappa shape index (κ2) is 6.55. The van der Waals surface area contributed by atoms with Gasteiger partial charge in [0.1, 0.15) is 0 Å². The molecule has 1 aromatic carbocycles. The van der Waals surface area contributed by atoms with E-state index in [0.717, 1.165) is 31.2 Å². The van der Waals surface area contributed by atoms with Crippen molar-refractivity contribution in [3.05, 3.63) is 34.9 Å². The number of hydrogen-bond acceptors (Lipinski definition) is 2. The number of piperazine rings is 1. The molecule has 1 aliphatic heterocycles. The molecular weight excluding hydrogens is 244 g/mol. The zero-order valence-electron chi connectivity index (χ0n) is 11.3. The normalized spacial score (nSPS) is 20.6. The van der Waals surface area contributed by atoms with Crippen molar-refractivity contribution in [3.63, 3.8) is 0 Å². The molecule has 1 fully saturated rings. The lowest BCUT2D eigenvalue weighted by Crippen LogP contribution is -2.46. The van der Waals surface area contributed by atoms with Gasteiger partial charge in [0.05, 0.1) is 0 Å². The molecule has 1 unspecified atom stereocenters. The van der Waals surface area contributed by atoms with Gasteiger partial charge >= 0.3 is 0 Å². The van der Waals surface area contributed by atoms with Crippen molar-refractivity contribution < 1.29 is 0 Å². The summed E-state index contributed by atoms with van der Waals surface area (Å²) >= 11 is 6.40. The Morgan fingerprint density at radius 3 is 2.56 bits per heavy atom. The van der Waals surface area contributed by atoms with Crippen molar-refractivity contribution in [3.8, 4) is 0 Å². The van der Waals surface area contributed by atoms with E-state index >= 15 is 0 Å². The van der Waals surface area contributed by atoms with Gasteiger partial charge in [0.15, 0.2) is 0 Å². The first kappa shape index (κ1) is 13.9. The van der Waals surface area contributed by atoms with Crippen LogP contribution < -0.4 is 5.32 Å². The lowest BCUT2D eigenvalue weighted by molar-refractivity contribution is 0.128. The summed E-state index contributed by atoms with van der Waals surface area (Å²) in [5.41, 5.74) is 1.29. The maximum absolute atomic E-state index is 6.40. The van der Waals surface area contributed by atoms with Crippen LogP contribution in [-0.2, 0) is 0 Å². The van der Waals surface area contributed by atoms with Crippen LogP contribution in [0, 0.1) is 5.92 Å². The van der Waals surface area contributed by atoms with Crippen LogP contribution in [-0.4, -0.2) is 31.1 Å². The quantitative estimate of drug-likeness (QED) is 0.899. The van der Waals surface area contributed by atoms with E-state index in [9.17, 15) is 0 Å². The fourth-order valence-corrected chi connectivity index (χ4v) is 3.01. The van der Waals surface area contributed by atoms with Crippen LogP contribution in [0.5, 0.6) is 0 Å². The molecule has 0 amide bonds. The van der Waals surface area contributed by atoms with E-state index in [1.165, 1.54) is 12.0 Å². The Morgan fingerprint density at radius 1 is 1.28 bits per heavy atom. The number of nitrogens with zero attached hydrogens (tertiary/aromatic N) is 1. The molecule has 0 radical (unpaired) electrons. The molecule has 1 N–H and O–H groups in total. The van der Waals surface area contributed by atoms with Crippen molar-refractivity contribution in [2.24, 2.45) is 5.92 Å². The van der Waals surface area contributed by atoms with E-state index in [2.05, 4.69) is 36.2 Å². The fraction of sp³-hybridized carbons (Fsp3) is 0.600. The summed E-state index contributed by atoms with van der Waals surface area (Å²) in [7, 11) is 0. The van der Waals surface area contributed by atoms with Gasteiger partial charge in [0.25, 0.3) is 0 Å². The van der Waals surface area contributed by atoms with Gasteiger partial charge in [-0.2, -0.15) is 0 Å². The molecule has 1 heterocycles. The minimum Gasteiger partial charge on any atom is -0.314 e. The lowest BCUT2D eigenvalue weighted by atomic mass is 9.90. The lowest BCUT2D eigenvalue weighted by Gasteiger charge is -2.38. The van der Waals surface area contributed by atoms with E-state index in [1.54, 1.807) is 0 Å². The predicted molar refractivity (Wildman–Crippen MR) is 78.1 cm³/mol. The smallest absolute Gasteiger partial charge is 0.0453 e. The summed E-state index contributed by atoms with van der Waals surface area (Å²) in [6, 6.07) is 8.75. The molecule has 3 heteroatoms. The third-order valence-corrected chi connectivity index (χ3v) is 4.30. The van der Waals surface area contributed by atoms with Gasteiger partial charge in [-0.05, 0) is 17.5 Å². The van der Waals surface area contributed by atoms with Gasteiger partial charge in [-0.15, -0.1) is 0 Å². The molecule has 1 saturated heterocycles. The van der Waals surface area contributed by atoms with Crippen molar-refractivity contribution in [1.29, 1.82) is 0 Å². The Morgan fingerprint density at radius 2 is 1.94 bits per heavy atom. The van der Waals surface area contributed by atoms with E-state index in [1.807, 2.05) is 12.1 Å². The number of halogens is 1. The van der Waals surface area contributed by atoms with Crippen LogP contribution in [0.1, 0.15) is 31.9 Å². The van der Waals surface area contributed by atoms with Gasteiger partial charge in [0, 0.05) is 37.2 Å². The van der Waals surface area contributed by atoms with Crippen LogP contribution in [0.2, 0.25) is 5.02 Å². The molecule has 1 aliphatic rings. The fourth-order valence-electron chi connectivity index (χ4n) is 2.76. The Kier molecular flexibility index (Phi) is 5.04. The van der Waals surface area contributed by atoms with Gasteiger partial charge in [-0.1, -0.05) is 50.1 Å². The topological polar surface area (TPSA) is 15.3 Å². The van der Waals surface area contributed by atoms with Crippen molar-refractivity contribution >= 4 is 11.6 Å². The van der Waals surface area contributed by atoms with Crippen LogP contribution in [0.4, 0.5) is 0 Å². The highest BCUT2D eigenvalue weighted by atomic mass is 35.5. The standard InChI is InChI=1S/C15H23ClN2/c1-3-12(2)15(18-10-8-17-9-11-18)13-6-4-5-7-14(13)16/h4-7,12,15,17H,3,8-11H2,1-2H3/t12?,15-/m1/s1. The number of benzene rings is 1. The monoisotopic (exact) mass is 266 g/mol. The van der Waals surface area contributed by atoms with Crippen molar-refractivity contribution in [2.75, 3.05) is 26.2 Å². The third-order valence-electron chi connectivity index (χ3n) is 3.95. The summed E-state index contributed by atoms with van der Waals surface area (Å²) in [4.78, 5) is 2.58. The van der Waals surface area contributed by atoms with Crippen LogP contribution in [0.3, 0.4) is 0 Å². The second-order valence-electron chi connectivity index (χ2n) is 5.14. The molecule has 0 aliphatic carbocycles. The van der Waals surface area contributed by atoms with E-state index in [0.29, 0.717) is 12.0 Å². The van der Waals surface area contributed by atoms with E-state index < -0.39 is 0 Å². The van der Waals surface area contributed by atoms with E-state index in [-0.39, 0.29) is 0 Å². The first-order valence-electron chi connectivity index (χ1n) is 6.93. The summed E-state index contributed by atoms with van der Waals surface area (Å²) in [6.07, 6.45) is 1.18. The van der Waals surface area contributed by atoms with Crippen LogP contribution >= 0.6 is 11.6 Å². The zero-order valence-corrected chi connectivity index (χ0v) is 12.1. The Balaban J connectivity index is 2.27. The summed E-state index contributed by atoms with van der Waals surface area (Å²) < 4.78 is 0. The Bertz CT molecular complexity index is 375. The maximum atomic E-state index is 6.40. The molecule has 1 aromatic rings. The predicted octanol–water partition coefficient (Wildman–Crippen LogP) is 3.33. The van der Waals surface area contributed by atoms with Crippen molar-refractivity contribution in [2.45, 2.75) is 26.3 Å². The highest BCUT2D eigenvalue weighted by Crippen LogP contribution is 2.34. The molecule has 0 spiro atoms. The minimum atomic E-state index is 0.450. The largest absolute Gasteiger partial charge is 0.314 e. The first-order valence-corrected chi connectivity index (χ1v) is 7.31. The number of rotatable bonds is 4. The average molecular weight is 267 g/mol. The molecular formula is C15H23ClN2. The Labute approximate surface area is 115 Å². The Hall–Kier alpha value is -0.570. The summed E-state index contributed by atoms with van der Waals surface area (Å²) in [6.45, 7) is 8.97. The highest BCUT2D eigenvalue weighted by molar-refractivity contribution is 6.31. The number of nitrogens with one attached hydrogen (secondary N) is 1. The molecule has 2 atom stereocenters. The SMILES string of the molecule is CCC(C)[C@H](c1ccccc1Cl)N1CCNCC1. The first-order chi connectivity index (χ1) is 8.74. The minimum absolute atomic E-state index is 0.450. The summed E-state index contributed by atoms with van der Waals surface area (Å²) in [5, 5.41) is 4.32. The molecule has 2 nitrogen and oxygen atoms in total. The third kappa shape index (κ3) is 3.05. The van der Waals surface area contributed by atoms with Crippen LogP contribution in [0.15, 0.2) is 24.3 Å².